The van der Waals surface area contributed by atoms with E-state index in [1.54, 1.807) is 30.3 Å². The van der Waals surface area contributed by atoms with Gasteiger partial charge in [0.1, 0.15) is 17.9 Å². The molecule has 0 bridgehead atoms. The highest BCUT2D eigenvalue weighted by Gasteiger charge is 2.12. The van der Waals surface area contributed by atoms with Gasteiger partial charge in [-0.2, -0.15) is 0 Å². The van der Waals surface area contributed by atoms with E-state index < -0.39 is 5.97 Å². The number of ether oxygens (including phenoxy) is 1. The number of hydrogen-bond donors (Lipinski definition) is 1. The molecular weight excluding hydrogens is 367 g/mol. The van der Waals surface area contributed by atoms with Crippen molar-refractivity contribution in [2.45, 2.75) is 6.61 Å². The van der Waals surface area contributed by atoms with Crippen LogP contribution in [-0.4, -0.2) is 11.1 Å². The molecule has 0 aliphatic rings. The van der Waals surface area contributed by atoms with Gasteiger partial charge in [-0.25, -0.2) is 4.79 Å². The number of aromatic carboxylic acids is 1. The van der Waals surface area contributed by atoms with E-state index in [1.165, 1.54) is 6.07 Å². The lowest BCUT2D eigenvalue weighted by Crippen LogP contribution is -2.03. The normalized spacial score (nSPS) is 10.3. The van der Waals surface area contributed by atoms with Crippen LogP contribution < -0.4 is 4.74 Å². The average Bonchev–Trinajstić information content (AvgIpc) is 2.37. The molecule has 0 aliphatic carbocycles. The summed E-state index contributed by atoms with van der Waals surface area (Å²) in [6, 6.07) is 9.78. The van der Waals surface area contributed by atoms with Crippen molar-refractivity contribution in [3.8, 4) is 5.75 Å². The lowest BCUT2D eigenvalue weighted by atomic mass is 10.2. The van der Waals surface area contributed by atoms with Gasteiger partial charge in [0.2, 0.25) is 0 Å². The highest BCUT2D eigenvalue weighted by atomic mass is 79.9. The van der Waals surface area contributed by atoms with Crippen LogP contribution in [0.2, 0.25) is 10.0 Å². The van der Waals surface area contributed by atoms with E-state index >= 15 is 0 Å². The zero-order valence-electron chi connectivity index (χ0n) is 10.1. The minimum Gasteiger partial charge on any atom is -0.488 e. The van der Waals surface area contributed by atoms with Gasteiger partial charge < -0.3 is 9.84 Å². The first-order valence-corrected chi connectivity index (χ1v) is 7.12. The lowest BCUT2D eigenvalue weighted by molar-refractivity contribution is 0.0691. The zero-order chi connectivity index (χ0) is 14.7. The smallest absolute Gasteiger partial charge is 0.339 e. The van der Waals surface area contributed by atoms with E-state index in [2.05, 4.69) is 15.9 Å². The molecule has 0 saturated carbocycles. The Hall–Kier alpha value is -1.23. The van der Waals surface area contributed by atoms with Crippen molar-refractivity contribution < 1.29 is 14.6 Å². The number of rotatable bonds is 4. The molecule has 2 aromatic carbocycles. The molecule has 2 rings (SSSR count). The summed E-state index contributed by atoms with van der Waals surface area (Å²) in [5, 5.41) is 10.1. The molecule has 0 atom stereocenters. The van der Waals surface area contributed by atoms with Crippen LogP contribution in [0.25, 0.3) is 0 Å². The summed E-state index contributed by atoms with van der Waals surface area (Å²) in [6.07, 6.45) is 0. The quantitative estimate of drug-likeness (QED) is 0.814. The molecule has 104 valence electrons. The molecule has 0 aromatic heterocycles. The Morgan fingerprint density at radius 3 is 2.60 bits per heavy atom. The van der Waals surface area contributed by atoms with Gasteiger partial charge >= 0.3 is 5.97 Å². The predicted octanol–water partition coefficient (Wildman–Crippen LogP) is 5.03. The van der Waals surface area contributed by atoms with Crippen LogP contribution in [0.4, 0.5) is 0 Å². The van der Waals surface area contributed by atoms with Crippen LogP contribution in [0, 0.1) is 0 Å². The second kappa shape index (κ2) is 6.48. The van der Waals surface area contributed by atoms with Gasteiger partial charge in [-0.3, -0.25) is 0 Å². The molecule has 0 heterocycles. The highest BCUT2D eigenvalue weighted by Crippen LogP contribution is 2.27. The third-order valence-electron chi connectivity index (χ3n) is 2.57. The molecule has 0 radical (unpaired) electrons. The lowest BCUT2D eigenvalue weighted by Gasteiger charge is -2.11. The van der Waals surface area contributed by atoms with Crippen LogP contribution in [0.1, 0.15) is 15.9 Å². The topological polar surface area (TPSA) is 46.5 Å². The fourth-order valence-electron chi connectivity index (χ4n) is 1.59. The summed E-state index contributed by atoms with van der Waals surface area (Å²) in [5.41, 5.74) is 0.825. The molecule has 6 heteroatoms. The third kappa shape index (κ3) is 3.66. The summed E-state index contributed by atoms with van der Waals surface area (Å²) in [4.78, 5) is 11.1. The third-order valence-corrected chi connectivity index (χ3v) is 3.65. The number of carboxylic acids is 1. The zero-order valence-corrected chi connectivity index (χ0v) is 13.2. The second-order valence-electron chi connectivity index (χ2n) is 3.97. The molecule has 3 nitrogen and oxygen atoms in total. The maximum absolute atomic E-state index is 11.1. The minimum atomic E-state index is -1.05. The first-order valence-electron chi connectivity index (χ1n) is 5.57. The Labute approximate surface area is 134 Å². The van der Waals surface area contributed by atoms with Crippen molar-refractivity contribution in [3.63, 3.8) is 0 Å². The Kier molecular flexibility index (Phi) is 4.91. The molecule has 0 aliphatic heterocycles. The molecular formula is C14H9BrCl2O3. The summed E-state index contributed by atoms with van der Waals surface area (Å²) < 4.78 is 6.28. The maximum Gasteiger partial charge on any atom is 0.339 e. The first-order chi connectivity index (χ1) is 9.47. The molecule has 0 unspecified atom stereocenters. The van der Waals surface area contributed by atoms with Gasteiger partial charge in [0.05, 0.1) is 0 Å². The minimum absolute atomic E-state index is 0.0956. The van der Waals surface area contributed by atoms with E-state index in [1.807, 2.05) is 0 Å². The number of halogens is 3. The van der Waals surface area contributed by atoms with Crippen LogP contribution in [0.5, 0.6) is 5.75 Å². The number of carbonyl (C=O) groups is 1. The molecule has 20 heavy (non-hydrogen) atoms. The Morgan fingerprint density at radius 2 is 1.95 bits per heavy atom. The van der Waals surface area contributed by atoms with E-state index in [9.17, 15) is 4.79 Å². The Bertz CT molecular complexity index is 659. The van der Waals surface area contributed by atoms with Crippen molar-refractivity contribution in [2.24, 2.45) is 0 Å². The summed E-state index contributed by atoms with van der Waals surface area (Å²) in [5.74, 6) is -0.771. The van der Waals surface area contributed by atoms with E-state index in [4.69, 9.17) is 33.0 Å². The van der Waals surface area contributed by atoms with Gasteiger partial charge in [0, 0.05) is 20.1 Å². The van der Waals surface area contributed by atoms with Crippen molar-refractivity contribution in [1.82, 2.24) is 0 Å². The molecule has 0 spiro atoms. The summed E-state index contributed by atoms with van der Waals surface area (Å²) >= 11 is 15.1. The largest absolute Gasteiger partial charge is 0.488 e. The molecule has 0 fully saturated rings. The standard InChI is InChI=1S/C14H9BrCl2O3/c15-9-2-4-11(14(18)19)13(5-9)20-7-8-1-3-10(16)6-12(8)17/h1-6H,7H2,(H,18,19). The van der Waals surface area contributed by atoms with Gasteiger partial charge in [-0.15, -0.1) is 0 Å². The summed E-state index contributed by atoms with van der Waals surface area (Å²) in [7, 11) is 0. The predicted molar refractivity (Wildman–Crippen MR) is 81.9 cm³/mol. The average molecular weight is 376 g/mol. The fourth-order valence-corrected chi connectivity index (χ4v) is 2.39. The number of hydrogen-bond acceptors (Lipinski definition) is 2. The number of carboxylic acid groups (broad SMARTS) is 1. The van der Waals surface area contributed by atoms with Crippen molar-refractivity contribution in [2.75, 3.05) is 0 Å². The van der Waals surface area contributed by atoms with Crippen LogP contribution in [-0.2, 0) is 6.61 Å². The second-order valence-corrected chi connectivity index (χ2v) is 5.73. The van der Waals surface area contributed by atoms with E-state index in [0.717, 1.165) is 10.0 Å². The highest BCUT2D eigenvalue weighted by molar-refractivity contribution is 9.10. The van der Waals surface area contributed by atoms with Crippen LogP contribution in [0.15, 0.2) is 40.9 Å². The van der Waals surface area contributed by atoms with Gasteiger partial charge in [-0.05, 0) is 30.3 Å². The van der Waals surface area contributed by atoms with Gasteiger partial charge in [-0.1, -0.05) is 45.2 Å². The van der Waals surface area contributed by atoms with Crippen molar-refractivity contribution in [3.05, 3.63) is 62.0 Å². The van der Waals surface area contributed by atoms with Gasteiger partial charge in [0.25, 0.3) is 0 Å². The fraction of sp³-hybridized carbons (Fsp3) is 0.0714. The van der Waals surface area contributed by atoms with Crippen molar-refractivity contribution in [1.29, 1.82) is 0 Å². The van der Waals surface area contributed by atoms with E-state index in [-0.39, 0.29) is 17.9 Å². The Morgan fingerprint density at radius 1 is 1.20 bits per heavy atom. The molecule has 0 amide bonds. The maximum atomic E-state index is 11.1. The van der Waals surface area contributed by atoms with Crippen LogP contribution in [0.3, 0.4) is 0 Å². The van der Waals surface area contributed by atoms with E-state index in [0.29, 0.717) is 10.0 Å². The molecule has 2 aromatic rings. The SMILES string of the molecule is O=C(O)c1ccc(Br)cc1OCc1ccc(Cl)cc1Cl. The van der Waals surface area contributed by atoms with Crippen LogP contribution >= 0.6 is 39.1 Å². The van der Waals surface area contributed by atoms with Gasteiger partial charge in [0.15, 0.2) is 0 Å². The molecule has 0 saturated heterocycles. The number of benzene rings is 2. The summed E-state index contributed by atoms with van der Waals surface area (Å²) in [6.45, 7) is 0.159. The molecule has 1 N–H and O–H groups in total. The monoisotopic (exact) mass is 374 g/mol. The van der Waals surface area contributed by atoms with Crippen molar-refractivity contribution >= 4 is 45.1 Å². The first kappa shape index (κ1) is 15.2. The Balaban J connectivity index is 2.22.